The lowest BCUT2D eigenvalue weighted by Crippen LogP contribution is -2.28. The summed E-state index contributed by atoms with van der Waals surface area (Å²) in [6.45, 7) is 3.01. The van der Waals surface area contributed by atoms with Crippen molar-refractivity contribution in [1.82, 2.24) is 4.90 Å². The van der Waals surface area contributed by atoms with Crippen molar-refractivity contribution in [2.75, 3.05) is 26.7 Å². The highest BCUT2D eigenvalue weighted by molar-refractivity contribution is 5.94. The fourth-order valence-corrected chi connectivity index (χ4v) is 1.62. The van der Waals surface area contributed by atoms with Gasteiger partial charge >= 0.3 is 5.97 Å². The molecule has 0 bridgehead atoms. The van der Waals surface area contributed by atoms with E-state index in [4.69, 9.17) is 4.74 Å². The molecule has 1 aliphatic rings. The van der Waals surface area contributed by atoms with E-state index in [0.717, 1.165) is 6.54 Å². The maximum Gasteiger partial charge on any atom is 0.339 e. The molecule has 96 valence electrons. The number of likely N-dealkylation sites (N-methyl/N-ethyl adjacent to an activating group) is 1. The Balaban J connectivity index is 2.62. The van der Waals surface area contributed by atoms with Gasteiger partial charge in [-0.2, -0.15) is 0 Å². The van der Waals surface area contributed by atoms with Crippen molar-refractivity contribution < 1.29 is 19.4 Å². The first kappa shape index (κ1) is 13.7. The normalized spacial score (nSPS) is 16.6. The molecule has 0 unspecified atom stereocenters. The number of nitrogens with zero attached hydrogens (tertiary/aromatic N) is 1. The minimum atomic E-state index is -0.625. The molecule has 5 nitrogen and oxygen atoms in total. The minimum Gasteiger partial charge on any atom is -0.504 e. The lowest BCUT2D eigenvalue weighted by atomic mass is 10.2. The van der Waals surface area contributed by atoms with E-state index in [0.29, 0.717) is 5.92 Å². The smallest absolute Gasteiger partial charge is 0.339 e. The highest BCUT2D eigenvalue weighted by Crippen LogP contribution is 2.29. The third-order valence-corrected chi connectivity index (χ3v) is 2.64. The first-order valence-electron chi connectivity index (χ1n) is 5.81. The molecule has 0 aromatic heterocycles. The lowest BCUT2D eigenvalue weighted by molar-refractivity contribution is -0.139. The van der Waals surface area contributed by atoms with Crippen LogP contribution in [-0.2, 0) is 14.3 Å². The monoisotopic (exact) mass is 241 g/mol. The van der Waals surface area contributed by atoms with Crippen molar-refractivity contribution in [3.63, 3.8) is 0 Å². The Morgan fingerprint density at radius 2 is 2.18 bits per heavy atom. The average molecular weight is 241 g/mol. The van der Waals surface area contributed by atoms with Crippen LogP contribution in [0.1, 0.15) is 19.8 Å². The fraction of sp³-hybridized carbons (Fsp3) is 0.667. The van der Waals surface area contributed by atoms with Crippen molar-refractivity contribution in [2.24, 2.45) is 5.92 Å². The second-order valence-corrected chi connectivity index (χ2v) is 4.34. The van der Waals surface area contributed by atoms with Crippen LogP contribution in [0.2, 0.25) is 0 Å². The van der Waals surface area contributed by atoms with Crippen molar-refractivity contribution in [3.8, 4) is 0 Å². The van der Waals surface area contributed by atoms with Crippen molar-refractivity contribution in [2.45, 2.75) is 19.8 Å². The molecule has 0 radical (unpaired) electrons. The predicted molar refractivity (Wildman–Crippen MR) is 62.6 cm³/mol. The molecular formula is C12H19NO4. The average Bonchev–Trinajstić information content (AvgIpc) is 3.09. The highest BCUT2D eigenvalue weighted by atomic mass is 16.5. The zero-order valence-corrected chi connectivity index (χ0v) is 10.3. The zero-order chi connectivity index (χ0) is 12.8. The zero-order valence-electron chi connectivity index (χ0n) is 10.3. The molecule has 17 heavy (non-hydrogen) atoms. The van der Waals surface area contributed by atoms with E-state index < -0.39 is 11.7 Å². The Hall–Kier alpha value is -1.36. The fourth-order valence-electron chi connectivity index (χ4n) is 1.62. The van der Waals surface area contributed by atoms with E-state index in [9.17, 15) is 14.7 Å². The summed E-state index contributed by atoms with van der Waals surface area (Å²) in [5.41, 5.74) is 0.0324. The van der Waals surface area contributed by atoms with Gasteiger partial charge in [-0.15, -0.1) is 0 Å². The van der Waals surface area contributed by atoms with Crippen LogP contribution in [0.5, 0.6) is 0 Å². The highest BCUT2D eigenvalue weighted by Gasteiger charge is 2.25. The first-order valence-corrected chi connectivity index (χ1v) is 5.81. The quantitative estimate of drug-likeness (QED) is 0.310. The number of hydrogen-bond acceptors (Lipinski definition) is 5. The van der Waals surface area contributed by atoms with Gasteiger partial charge in [0, 0.05) is 13.1 Å². The van der Waals surface area contributed by atoms with E-state index in [1.165, 1.54) is 12.8 Å². The molecular weight excluding hydrogens is 222 g/mol. The number of carbonyl (C=O) groups is 2. The SMILES string of the molecule is CCOC(=O)/C(CN(C)CC1CC1)=C(\O)C=O. The van der Waals surface area contributed by atoms with E-state index in [1.807, 2.05) is 11.9 Å². The van der Waals surface area contributed by atoms with E-state index in [2.05, 4.69) is 0 Å². The van der Waals surface area contributed by atoms with Gasteiger partial charge in [0.2, 0.25) is 0 Å². The standard InChI is InChI=1S/C12H19NO4/c1-3-17-12(16)10(11(15)8-14)7-13(2)6-9-4-5-9/h8-9,15H,3-7H2,1-2H3/b11-10-. The Morgan fingerprint density at radius 1 is 1.53 bits per heavy atom. The summed E-state index contributed by atoms with van der Waals surface area (Å²) in [5, 5.41) is 9.40. The molecule has 1 rings (SSSR count). The van der Waals surface area contributed by atoms with Gasteiger partial charge < -0.3 is 14.7 Å². The van der Waals surface area contributed by atoms with Crippen LogP contribution in [0.4, 0.5) is 0 Å². The van der Waals surface area contributed by atoms with E-state index >= 15 is 0 Å². The van der Waals surface area contributed by atoms with Crippen LogP contribution in [0, 0.1) is 5.92 Å². The molecule has 1 fully saturated rings. The Labute approximate surface area is 101 Å². The second kappa shape index (κ2) is 6.39. The number of allylic oxidation sites excluding steroid dienone is 1. The van der Waals surface area contributed by atoms with Gasteiger partial charge in [0.05, 0.1) is 12.2 Å². The lowest BCUT2D eigenvalue weighted by Gasteiger charge is -2.17. The summed E-state index contributed by atoms with van der Waals surface area (Å²) in [6, 6.07) is 0. The summed E-state index contributed by atoms with van der Waals surface area (Å²) in [6.07, 6.45) is 2.70. The van der Waals surface area contributed by atoms with Gasteiger partial charge in [-0.1, -0.05) is 0 Å². The Bertz CT molecular complexity index is 320. The number of esters is 1. The number of aldehydes is 1. The minimum absolute atomic E-state index is 0.0324. The third-order valence-electron chi connectivity index (χ3n) is 2.64. The van der Waals surface area contributed by atoms with Gasteiger partial charge in [-0.05, 0) is 32.7 Å². The molecule has 0 aliphatic heterocycles. The van der Waals surface area contributed by atoms with Crippen LogP contribution in [0.25, 0.3) is 0 Å². The summed E-state index contributed by atoms with van der Waals surface area (Å²) >= 11 is 0. The van der Waals surface area contributed by atoms with Crippen LogP contribution >= 0.6 is 0 Å². The molecule has 0 aromatic carbocycles. The molecule has 0 spiro atoms. The summed E-state index contributed by atoms with van der Waals surface area (Å²) in [5.74, 6) is -0.479. The molecule has 0 aromatic rings. The molecule has 5 heteroatoms. The number of hydrogen-bond donors (Lipinski definition) is 1. The number of carbonyl (C=O) groups excluding carboxylic acids is 2. The van der Waals surface area contributed by atoms with Crippen molar-refractivity contribution >= 4 is 12.3 Å². The number of ether oxygens (including phenoxy) is 1. The number of rotatable bonds is 7. The van der Waals surface area contributed by atoms with Gasteiger partial charge in [0.1, 0.15) is 0 Å². The van der Waals surface area contributed by atoms with Crippen LogP contribution in [0.3, 0.4) is 0 Å². The summed E-state index contributed by atoms with van der Waals surface area (Å²) in [4.78, 5) is 24.0. The Kier molecular flexibility index (Phi) is 5.15. The van der Waals surface area contributed by atoms with Crippen molar-refractivity contribution in [1.29, 1.82) is 0 Å². The van der Waals surface area contributed by atoms with Crippen LogP contribution in [-0.4, -0.2) is 49.0 Å². The van der Waals surface area contributed by atoms with Gasteiger partial charge in [0.25, 0.3) is 0 Å². The molecule has 0 amide bonds. The maximum atomic E-state index is 11.6. The van der Waals surface area contributed by atoms with Gasteiger partial charge in [0.15, 0.2) is 12.0 Å². The largest absolute Gasteiger partial charge is 0.504 e. The van der Waals surface area contributed by atoms with Crippen molar-refractivity contribution in [3.05, 3.63) is 11.3 Å². The first-order chi connectivity index (χ1) is 8.08. The van der Waals surface area contributed by atoms with E-state index in [-0.39, 0.29) is 25.0 Å². The molecule has 0 heterocycles. The summed E-state index contributed by atoms with van der Waals surface area (Å²) < 4.78 is 4.81. The molecule has 1 N–H and O–H groups in total. The van der Waals surface area contributed by atoms with Crippen LogP contribution in [0.15, 0.2) is 11.3 Å². The topological polar surface area (TPSA) is 66.8 Å². The number of aliphatic hydroxyl groups excluding tert-OH is 1. The predicted octanol–water partition coefficient (Wildman–Crippen LogP) is 0.902. The number of aliphatic hydroxyl groups is 1. The van der Waals surface area contributed by atoms with Gasteiger partial charge in [-0.3, -0.25) is 4.79 Å². The second-order valence-electron chi connectivity index (χ2n) is 4.34. The Morgan fingerprint density at radius 3 is 2.65 bits per heavy atom. The molecule has 1 aliphatic carbocycles. The maximum absolute atomic E-state index is 11.6. The van der Waals surface area contributed by atoms with E-state index in [1.54, 1.807) is 6.92 Å². The molecule has 1 saturated carbocycles. The van der Waals surface area contributed by atoms with Gasteiger partial charge in [-0.25, -0.2) is 4.79 Å². The molecule has 0 atom stereocenters. The summed E-state index contributed by atoms with van der Waals surface area (Å²) in [7, 11) is 1.86. The third kappa shape index (κ3) is 4.56. The molecule has 0 saturated heterocycles. The van der Waals surface area contributed by atoms with Crippen LogP contribution < -0.4 is 0 Å².